The van der Waals surface area contributed by atoms with Crippen molar-refractivity contribution in [1.82, 2.24) is 4.31 Å². The highest BCUT2D eigenvalue weighted by atomic mass is 32.2. The lowest BCUT2D eigenvalue weighted by Gasteiger charge is -2.18. The molecule has 0 heterocycles. The fourth-order valence-corrected chi connectivity index (χ4v) is 4.15. The fraction of sp³-hybridized carbons (Fsp3) is 0.278. The minimum atomic E-state index is -4.59. The zero-order valence-electron chi connectivity index (χ0n) is 16.0. The van der Waals surface area contributed by atoms with Crippen LogP contribution in [0.25, 0.3) is 0 Å². The predicted octanol–water partition coefficient (Wildman–Crippen LogP) is 4.09. The number of halogens is 3. The van der Waals surface area contributed by atoms with E-state index in [-0.39, 0.29) is 29.2 Å². The highest BCUT2D eigenvalue weighted by molar-refractivity contribution is 7.89. The van der Waals surface area contributed by atoms with Crippen molar-refractivity contribution in [2.75, 3.05) is 18.5 Å². The van der Waals surface area contributed by atoms with E-state index in [4.69, 9.17) is 0 Å². The van der Waals surface area contributed by atoms with E-state index >= 15 is 0 Å². The summed E-state index contributed by atoms with van der Waals surface area (Å²) < 4.78 is 65.3. The van der Waals surface area contributed by atoms with Gasteiger partial charge in [-0.05, 0) is 18.2 Å². The topological polar surface area (TPSA) is 105 Å². The number of benzene rings is 2. The number of rotatable bonds is 8. The summed E-state index contributed by atoms with van der Waals surface area (Å²) >= 11 is 0. The van der Waals surface area contributed by atoms with Gasteiger partial charge >= 0.3 is 6.18 Å². The molecule has 0 bridgehead atoms. The van der Waals surface area contributed by atoms with Crippen LogP contribution < -0.4 is 5.43 Å². The van der Waals surface area contributed by atoms with Gasteiger partial charge in [-0.3, -0.25) is 15.5 Å². The molecule has 2 rings (SSSR count). The molecule has 0 atom stereocenters. The van der Waals surface area contributed by atoms with E-state index in [9.17, 15) is 31.7 Å². The third-order valence-corrected chi connectivity index (χ3v) is 6.21. The Morgan fingerprint density at radius 1 is 1.17 bits per heavy atom. The van der Waals surface area contributed by atoms with Gasteiger partial charge in [0.25, 0.3) is 5.69 Å². The van der Waals surface area contributed by atoms with E-state index in [1.807, 2.05) is 0 Å². The van der Waals surface area contributed by atoms with E-state index in [2.05, 4.69) is 10.5 Å². The van der Waals surface area contributed by atoms with Crippen LogP contribution in [0.4, 0.5) is 24.5 Å². The molecule has 0 unspecified atom stereocenters. The molecule has 1 N–H and O–H groups in total. The first-order valence-electron chi connectivity index (χ1n) is 8.76. The molecule has 162 valence electrons. The van der Waals surface area contributed by atoms with Crippen LogP contribution >= 0.6 is 0 Å². The average Bonchev–Trinajstić information content (AvgIpc) is 2.68. The smallest absolute Gasteiger partial charge is 0.272 e. The van der Waals surface area contributed by atoms with Crippen LogP contribution in [-0.4, -0.2) is 37.0 Å². The Morgan fingerprint density at radius 3 is 2.37 bits per heavy atom. The molecule has 8 nitrogen and oxygen atoms in total. The minimum absolute atomic E-state index is 0.167. The summed E-state index contributed by atoms with van der Waals surface area (Å²) in [7, 11) is -3.92. The maximum Gasteiger partial charge on any atom is 0.417 e. The largest absolute Gasteiger partial charge is 0.417 e. The monoisotopic (exact) mass is 444 g/mol. The van der Waals surface area contributed by atoms with Gasteiger partial charge in [-0.25, -0.2) is 8.42 Å². The standard InChI is InChI=1S/C18H19F3N4O4S/c1-3-24(4-2)30(28,29)14-9-10-16(17(11-14)25(26)27)23-22-12-13-7-5-6-8-15(13)18(19,20)21/h5-12,23H,3-4H2,1-2H3/b22-12-. The zero-order chi connectivity index (χ0) is 22.5. The number of anilines is 1. The lowest BCUT2D eigenvalue weighted by Crippen LogP contribution is -2.30. The Kier molecular flexibility index (Phi) is 7.16. The minimum Gasteiger partial charge on any atom is -0.272 e. The van der Waals surface area contributed by atoms with Gasteiger partial charge in [-0.1, -0.05) is 32.0 Å². The third kappa shape index (κ3) is 5.13. The molecule has 0 saturated carbocycles. The molecule has 0 amide bonds. The third-order valence-electron chi connectivity index (χ3n) is 4.16. The van der Waals surface area contributed by atoms with Crippen molar-refractivity contribution < 1.29 is 26.5 Å². The maximum atomic E-state index is 13.0. The highest BCUT2D eigenvalue weighted by Crippen LogP contribution is 2.32. The SMILES string of the molecule is CCN(CC)S(=O)(=O)c1ccc(N/N=C\c2ccccc2C(F)(F)F)c([N+](=O)[O-])c1. The molecular formula is C18H19F3N4O4S. The summed E-state index contributed by atoms with van der Waals surface area (Å²) in [5.74, 6) is 0. The molecule has 12 heteroatoms. The van der Waals surface area contributed by atoms with Gasteiger partial charge in [0.15, 0.2) is 0 Å². The van der Waals surface area contributed by atoms with Crippen molar-refractivity contribution in [3.8, 4) is 0 Å². The van der Waals surface area contributed by atoms with Gasteiger partial charge in [-0.2, -0.15) is 22.6 Å². The predicted molar refractivity (Wildman–Crippen MR) is 106 cm³/mol. The normalized spacial score (nSPS) is 12.5. The Bertz CT molecular complexity index is 1050. The number of nitrogens with zero attached hydrogens (tertiary/aromatic N) is 3. The van der Waals surface area contributed by atoms with Gasteiger partial charge in [0.05, 0.1) is 21.6 Å². The molecule has 0 aliphatic rings. The molecule has 2 aromatic rings. The first-order chi connectivity index (χ1) is 14.0. The van der Waals surface area contributed by atoms with E-state index in [0.29, 0.717) is 0 Å². The molecule has 2 aromatic carbocycles. The molecule has 0 aliphatic heterocycles. The molecular weight excluding hydrogens is 425 g/mol. The van der Waals surface area contributed by atoms with Crippen molar-refractivity contribution >= 4 is 27.6 Å². The van der Waals surface area contributed by atoms with E-state index in [1.165, 1.54) is 24.3 Å². The quantitative estimate of drug-likeness (QED) is 0.375. The Morgan fingerprint density at radius 2 is 1.80 bits per heavy atom. The van der Waals surface area contributed by atoms with Gasteiger partial charge in [0.1, 0.15) is 5.69 Å². The summed E-state index contributed by atoms with van der Waals surface area (Å²) in [6, 6.07) is 7.90. The van der Waals surface area contributed by atoms with Crippen LogP contribution in [0.3, 0.4) is 0 Å². The summed E-state index contributed by atoms with van der Waals surface area (Å²) in [6.45, 7) is 3.66. The second-order valence-electron chi connectivity index (χ2n) is 5.98. The number of sulfonamides is 1. The van der Waals surface area contributed by atoms with Crippen molar-refractivity contribution in [2.24, 2.45) is 5.10 Å². The van der Waals surface area contributed by atoms with Crippen LogP contribution in [0.5, 0.6) is 0 Å². The lowest BCUT2D eigenvalue weighted by atomic mass is 10.1. The van der Waals surface area contributed by atoms with Crippen molar-refractivity contribution in [3.63, 3.8) is 0 Å². The fourth-order valence-electron chi connectivity index (χ4n) is 2.67. The average molecular weight is 444 g/mol. The van der Waals surface area contributed by atoms with E-state index in [0.717, 1.165) is 28.7 Å². The number of alkyl halides is 3. The van der Waals surface area contributed by atoms with Crippen LogP contribution in [0.2, 0.25) is 0 Å². The molecule has 0 aliphatic carbocycles. The Hall–Kier alpha value is -2.99. The second kappa shape index (κ2) is 9.22. The molecule has 0 fully saturated rings. The second-order valence-corrected chi connectivity index (χ2v) is 7.92. The highest BCUT2D eigenvalue weighted by Gasteiger charge is 2.32. The van der Waals surface area contributed by atoms with Crippen LogP contribution in [-0.2, 0) is 16.2 Å². The van der Waals surface area contributed by atoms with Crippen molar-refractivity contribution in [3.05, 3.63) is 63.7 Å². The Balaban J connectivity index is 2.36. The first-order valence-corrected chi connectivity index (χ1v) is 10.2. The number of nitrogens with one attached hydrogen (secondary N) is 1. The van der Waals surface area contributed by atoms with E-state index < -0.39 is 32.4 Å². The molecule has 0 radical (unpaired) electrons. The van der Waals surface area contributed by atoms with Gasteiger partial charge in [0, 0.05) is 24.7 Å². The first kappa shape index (κ1) is 23.3. The van der Waals surface area contributed by atoms with Gasteiger partial charge in [-0.15, -0.1) is 0 Å². The summed E-state index contributed by atoms with van der Waals surface area (Å²) in [5.41, 5.74) is 0.416. The van der Waals surface area contributed by atoms with Crippen LogP contribution in [0.1, 0.15) is 25.0 Å². The lowest BCUT2D eigenvalue weighted by molar-refractivity contribution is -0.384. The van der Waals surface area contributed by atoms with Crippen molar-refractivity contribution in [1.29, 1.82) is 0 Å². The number of hydrogen-bond acceptors (Lipinski definition) is 6. The summed E-state index contributed by atoms with van der Waals surface area (Å²) in [5, 5.41) is 15.0. The number of nitro groups is 1. The number of hydrazone groups is 1. The molecule has 0 spiro atoms. The Labute approximate surface area is 171 Å². The van der Waals surface area contributed by atoms with Crippen molar-refractivity contribution in [2.45, 2.75) is 24.9 Å². The summed E-state index contributed by atoms with van der Waals surface area (Å²) in [4.78, 5) is 10.3. The van der Waals surface area contributed by atoms with Crippen LogP contribution in [0.15, 0.2) is 52.5 Å². The van der Waals surface area contributed by atoms with E-state index in [1.54, 1.807) is 13.8 Å². The van der Waals surface area contributed by atoms with Gasteiger partial charge < -0.3 is 0 Å². The summed E-state index contributed by atoms with van der Waals surface area (Å²) in [6.07, 6.45) is -3.71. The number of nitro benzene ring substituents is 1. The maximum absolute atomic E-state index is 13.0. The van der Waals surface area contributed by atoms with Crippen LogP contribution in [0, 0.1) is 10.1 Å². The molecule has 0 aromatic heterocycles. The van der Waals surface area contributed by atoms with Gasteiger partial charge in [0.2, 0.25) is 10.0 Å². The molecule has 30 heavy (non-hydrogen) atoms. The molecule has 0 saturated heterocycles. The zero-order valence-corrected chi connectivity index (χ0v) is 16.9. The number of hydrogen-bond donors (Lipinski definition) is 1.